The maximum absolute atomic E-state index is 12.0. The second-order valence-corrected chi connectivity index (χ2v) is 6.73. The highest BCUT2D eigenvalue weighted by atomic mass is 79.9. The van der Waals surface area contributed by atoms with E-state index < -0.39 is 18.5 Å². The van der Waals surface area contributed by atoms with Gasteiger partial charge in [-0.1, -0.05) is 27.5 Å². The van der Waals surface area contributed by atoms with Gasteiger partial charge in [0.15, 0.2) is 6.61 Å². The van der Waals surface area contributed by atoms with Crippen LogP contribution >= 0.6 is 27.5 Å². The van der Waals surface area contributed by atoms with E-state index in [0.29, 0.717) is 21.7 Å². The molecule has 1 amide bonds. The fourth-order valence-corrected chi connectivity index (χ4v) is 2.93. The van der Waals surface area contributed by atoms with Crippen LogP contribution in [0, 0.1) is 6.92 Å². The summed E-state index contributed by atoms with van der Waals surface area (Å²) in [5.41, 5.74) is 2.07. The fourth-order valence-electron chi connectivity index (χ4n) is 2.27. The number of esters is 1. The first kappa shape index (κ1) is 17.5. The molecule has 0 spiro atoms. The van der Waals surface area contributed by atoms with Crippen molar-refractivity contribution < 1.29 is 18.7 Å². The highest BCUT2D eigenvalue weighted by Crippen LogP contribution is 2.23. The average Bonchev–Trinajstić information content (AvgIpc) is 2.98. The SMILES string of the molecule is Cc1cc(Br)ccc1NC(=O)COC(=O)c1cc2cc(Cl)ccc2o1. The Morgan fingerprint density at radius 1 is 1.20 bits per heavy atom. The summed E-state index contributed by atoms with van der Waals surface area (Å²) >= 11 is 9.25. The molecule has 1 aromatic heterocycles. The van der Waals surface area contributed by atoms with Crippen LogP contribution in [0.2, 0.25) is 5.02 Å². The Hall–Kier alpha value is -2.31. The molecular weight excluding hydrogens is 410 g/mol. The lowest BCUT2D eigenvalue weighted by molar-refractivity contribution is -0.119. The molecule has 5 nitrogen and oxygen atoms in total. The summed E-state index contributed by atoms with van der Waals surface area (Å²) in [5.74, 6) is -1.13. The molecule has 7 heteroatoms. The first-order valence-corrected chi connectivity index (χ1v) is 8.52. The summed E-state index contributed by atoms with van der Waals surface area (Å²) in [5, 5.41) is 3.92. The minimum absolute atomic E-state index is 0.0184. The number of nitrogens with one attached hydrogen (secondary N) is 1. The lowest BCUT2D eigenvalue weighted by Crippen LogP contribution is -2.21. The van der Waals surface area contributed by atoms with Gasteiger partial charge in [-0.3, -0.25) is 4.79 Å². The van der Waals surface area contributed by atoms with Gasteiger partial charge in [0, 0.05) is 20.6 Å². The molecular formula is C18H13BrClNO4. The van der Waals surface area contributed by atoms with Gasteiger partial charge in [0.2, 0.25) is 5.76 Å². The molecule has 0 fully saturated rings. The molecule has 1 N–H and O–H groups in total. The van der Waals surface area contributed by atoms with Crippen LogP contribution in [0.4, 0.5) is 5.69 Å². The summed E-state index contributed by atoms with van der Waals surface area (Å²) in [6.45, 7) is 1.46. The van der Waals surface area contributed by atoms with Crippen LogP contribution in [0.3, 0.4) is 0 Å². The molecule has 0 aliphatic rings. The van der Waals surface area contributed by atoms with Crippen molar-refractivity contribution in [1.82, 2.24) is 0 Å². The summed E-state index contributed by atoms with van der Waals surface area (Å²) in [6.07, 6.45) is 0. The molecule has 0 radical (unpaired) electrons. The monoisotopic (exact) mass is 421 g/mol. The number of benzene rings is 2. The van der Waals surface area contributed by atoms with E-state index in [1.54, 1.807) is 24.3 Å². The number of halogens is 2. The van der Waals surface area contributed by atoms with Crippen LogP contribution in [0.5, 0.6) is 0 Å². The summed E-state index contributed by atoms with van der Waals surface area (Å²) in [7, 11) is 0. The number of aryl methyl sites for hydroxylation is 1. The highest BCUT2D eigenvalue weighted by Gasteiger charge is 2.16. The molecule has 1 heterocycles. The molecule has 0 saturated heterocycles. The third-order valence-electron chi connectivity index (χ3n) is 3.48. The lowest BCUT2D eigenvalue weighted by Gasteiger charge is -2.08. The average molecular weight is 423 g/mol. The number of anilines is 1. The van der Waals surface area contributed by atoms with Crippen molar-refractivity contribution in [3.8, 4) is 0 Å². The van der Waals surface area contributed by atoms with Gasteiger partial charge in [-0.05, 0) is 55.0 Å². The minimum atomic E-state index is -0.713. The first-order chi connectivity index (χ1) is 11.9. The van der Waals surface area contributed by atoms with E-state index in [2.05, 4.69) is 21.2 Å². The van der Waals surface area contributed by atoms with Gasteiger partial charge < -0.3 is 14.5 Å². The zero-order chi connectivity index (χ0) is 18.0. The highest BCUT2D eigenvalue weighted by molar-refractivity contribution is 9.10. The Bertz CT molecular complexity index is 967. The number of furan rings is 1. The van der Waals surface area contributed by atoms with Gasteiger partial charge in [0.05, 0.1) is 0 Å². The smallest absolute Gasteiger partial charge is 0.374 e. The van der Waals surface area contributed by atoms with Crippen molar-refractivity contribution in [2.24, 2.45) is 0 Å². The number of rotatable bonds is 4. The Morgan fingerprint density at radius 3 is 2.76 bits per heavy atom. The third-order valence-corrected chi connectivity index (χ3v) is 4.20. The molecule has 3 aromatic rings. The standard InChI is InChI=1S/C18H13BrClNO4/c1-10-6-12(19)2-4-14(10)21-17(22)9-24-18(23)16-8-11-7-13(20)3-5-15(11)25-16/h2-8H,9H2,1H3,(H,21,22). The Labute approximate surface area is 157 Å². The number of fused-ring (bicyclic) bond motifs is 1. The lowest BCUT2D eigenvalue weighted by atomic mass is 10.2. The Morgan fingerprint density at radius 2 is 2.00 bits per heavy atom. The number of carbonyl (C=O) groups excluding carboxylic acids is 2. The van der Waals surface area contributed by atoms with Gasteiger partial charge in [0.1, 0.15) is 5.58 Å². The number of hydrogen-bond acceptors (Lipinski definition) is 4. The Kier molecular flexibility index (Phi) is 5.11. The van der Waals surface area contributed by atoms with Gasteiger partial charge in [0.25, 0.3) is 5.91 Å². The van der Waals surface area contributed by atoms with Crippen LogP contribution in [0.1, 0.15) is 16.1 Å². The first-order valence-electron chi connectivity index (χ1n) is 7.34. The normalized spacial score (nSPS) is 10.7. The summed E-state index contributed by atoms with van der Waals surface area (Å²) in [4.78, 5) is 24.0. The van der Waals surface area contributed by atoms with Gasteiger partial charge in [-0.15, -0.1) is 0 Å². The van der Waals surface area contributed by atoms with Crippen molar-refractivity contribution >= 4 is 56.1 Å². The predicted octanol–water partition coefficient (Wildman–Crippen LogP) is 4.95. The molecule has 0 aliphatic carbocycles. The van der Waals surface area contributed by atoms with Crippen LogP contribution in [-0.4, -0.2) is 18.5 Å². The van der Waals surface area contributed by atoms with Crippen molar-refractivity contribution in [3.63, 3.8) is 0 Å². The van der Waals surface area contributed by atoms with Crippen LogP contribution < -0.4 is 5.32 Å². The van der Waals surface area contributed by atoms with E-state index in [0.717, 1.165) is 10.0 Å². The van der Waals surface area contributed by atoms with Crippen LogP contribution in [-0.2, 0) is 9.53 Å². The van der Waals surface area contributed by atoms with E-state index >= 15 is 0 Å². The second kappa shape index (κ2) is 7.29. The van der Waals surface area contributed by atoms with E-state index in [-0.39, 0.29) is 5.76 Å². The van der Waals surface area contributed by atoms with E-state index in [4.69, 9.17) is 20.8 Å². The summed E-state index contributed by atoms with van der Waals surface area (Å²) < 4.78 is 11.3. The molecule has 128 valence electrons. The molecule has 3 rings (SSSR count). The van der Waals surface area contributed by atoms with Gasteiger partial charge in [-0.2, -0.15) is 0 Å². The number of amides is 1. The van der Waals surface area contributed by atoms with Gasteiger partial charge >= 0.3 is 5.97 Å². The molecule has 0 saturated carbocycles. The fraction of sp³-hybridized carbons (Fsp3) is 0.111. The molecule has 0 unspecified atom stereocenters. The van der Waals surface area contributed by atoms with E-state index in [1.807, 2.05) is 19.1 Å². The van der Waals surface area contributed by atoms with Crippen LogP contribution in [0.15, 0.2) is 51.4 Å². The maximum Gasteiger partial charge on any atom is 0.374 e. The van der Waals surface area contributed by atoms with Crippen molar-refractivity contribution in [1.29, 1.82) is 0 Å². The Balaban J connectivity index is 1.61. The van der Waals surface area contributed by atoms with Crippen molar-refractivity contribution in [3.05, 3.63) is 63.3 Å². The molecule has 2 aromatic carbocycles. The van der Waals surface area contributed by atoms with E-state index in [9.17, 15) is 9.59 Å². The summed E-state index contributed by atoms with van der Waals surface area (Å²) in [6, 6.07) is 12.0. The van der Waals surface area contributed by atoms with Crippen LogP contribution in [0.25, 0.3) is 11.0 Å². The van der Waals surface area contributed by atoms with E-state index in [1.165, 1.54) is 6.07 Å². The number of ether oxygens (including phenoxy) is 1. The zero-order valence-corrected chi connectivity index (χ0v) is 15.5. The largest absolute Gasteiger partial charge is 0.450 e. The minimum Gasteiger partial charge on any atom is -0.450 e. The number of hydrogen-bond donors (Lipinski definition) is 1. The maximum atomic E-state index is 12.0. The molecule has 25 heavy (non-hydrogen) atoms. The third kappa shape index (κ3) is 4.21. The van der Waals surface area contributed by atoms with Crippen molar-refractivity contribution in [2.75, 3.05) is 11.9 Å². The van der Waals surface area contributed by atoms with Crippen molar-refractivity contribution in [2.45, 2.75) is 6.92 Å². The number of carbonyl (C=O) groups is 2. The quantitative estimate of drug-likeness (QED) is 0.604. The second-order valence-electron chi connectivity index (χ2n) is 5.38. The topological polar surface area (TPSA) is 68.5 Å². The molecule has 0 bridgehead atoms. The predicted molar refractivity (Wildman–Crippen MR) is 99.0 cm³/mol. The molecule has 0 atom stereocenters. The molecule has 0 aliphatic heterocycles. The van der Waals surface area contributed by atoms with Gasteiger partial charge in [-0.25, -0.2) is 4.79 Å². The zero-order valence-electron chi connectivity index (χ0n) is 13.1.